The van der Waals surface area contributed by atoms with Gasteiger partial charge in [-0.15, -0.1) is 0 Å². The molecule has 0 unspecified atom stereocenters. The highest BCUT2D eigenvalue weighted by atomic mass is 32.2. The summed E-state index contributed by atoms with van der Waals surface area (Å²) < 4.78 is 12.0. The maximum atomic E-state index is 11.7. The van der Waals surface area contributed by atoms with Crippen molar-refractivity contribution in [2.24, 2.45) is 5.92 Å². The zero-order valence-corrected chi connectivity index (χ0v) is 15.9. The fourth-order valence-corrected chi connectivity index (χ4v) is 3.32. The molecule has 1 heterocycles. The second-order valence-corrected chi connectivity index (χ2v) is 7.68. The number of para-hydroxylation sites is 1. The number of nitrogens with one attached hydrogen (secondary N) is 1. The maximum absolute atomic E-state index is 11.7. The number of hydrogen-bond donors (Lipinski definition) is 1. The van der Waals surface area contributed by atoms with Crippen LogP contribution < -0.4 is 14.8 Å². The van der Waals surface area contributed by atoms with Gasteiger partial charge in [0.25, 0.3) is 5.91 Å². The normalized spacial score (nSPS) is 16.4. The molecule has 0 aliphatic carbocycles. The Labute approximate surface area is 162 Å². The van der Waals surface area contributed by atoms with Gasteiger partial charge < -0.3 is 14.8 Å². The molecule has 1 aliphatic rings. The molecular weight excluding hydrogens is 366 g/mol. The third kappa shape index (κ3) is 5.34. The molecule has 4 nitrogen and oxygen atoms in total. The van der Waals surface area contributed by atoms with E-state index in [1.165, 1.54) is 11.8 Å². The van der Waals surface area contributed by atoms with E-state index in [-0.39, 0.29) is 11.8 Å². The van der Waals surface area contributed by atoms with Crippen LogP contribution in [0.3, 0.4) is 0 Å². The zero-order chi connectivity index (χ0) is 18.4. The number of thiocarbonyl (C=S) groups is 1. The molecule has 26 heavy (non-hydrogen) atoms. The minimum Gasteiger partial charge on any atom is -0.493 e. The van der Waals surface area contributed by atoms with Crippen molar-refractivity contribution in [3.63, 3.8) is 0 Å². The topological polar surface area (TPSA) is 47.6 Å². The predicted octanol–water partition coefficient (Wildman–Crippen LogP) is 4.27. The molecule has 6 heteroatoms. The number of carbonyl (C=O) groups excluding carboxylic acids is 1. The largest absolute Gasteiger partial charge is 0.493 e. The molecule has 0 saturated carbocycles. The minimum absolute atomic E-state index is 0.146. The molecule has 2 aromatic carbocycles. The standard InChI is InChI=1S/C20H19NO3S2/c1-14(12-23-16-5-3-2-4-6-16)13-24-17-9-7-15(8-10-17)11-18-19(22)21-20(25)26-18/h2-11,14H,12-13H2,1H3,(H,21,22,25)/b18-11+/t14-/m0/s1. The summed E-state index contributed by atoms with van der Waals surface area (Å²) in [6, 6.07) is 17.4. The molecule has 2 aromatic rings. The van der Waals surface area contributed by atoms with Crippen molar-refractivity contribution < 1.29 is 14.3 Å². The number of ether oxygens (including phenoxy) is 2. The smallest absolute Gasteiger partial charge is 0.263 e. The first-order chi connectivity index (χ1) is 12.6. The fourth-order valence-electron chi connectivity index (χ4n) is 2.27. The molecule has 0 aromatic heterocycles. The second-order valence-electron chi connectivity index (χ2n) is 5.96. The number of benzene rings is 2. The Morgan fingerprint density at radius 3 is 2.23 bits per heavy atom. The van der Waals surface area contributed by atoms with Gasteiger partial charge in [0, 0.05) is 5.92 Å². The van der Waals surface area contributed by atoms with E-state index in [1.54, 1.807) is 0 Å². The van der Waals surface area contributed by atoms with Crippen molar-refractivity contribution in [1.29, 1.82) is 0 Å². The number of rotatable bonds is 7. The minimum atomic E-state index is -0.146. The van der Waals surface area contributed by atoms with Crippen LogP contribution in [0.2, 0.25) is 0 Å². The molecule has 1 aliphatic heterocycles. The summed E-state index contributed by atoms with van der Waals surface area (Å²) in [5.74, 6) is 1.77. The molecule has 1 atom stereocenters. The summed E-state index contributed by atoms with van der Waals surface area (Å²) in [6.45, 7) is 3.25. The van der Waals surface area contributed by atoms with E-state index in [1.807, 2.05) is 60.7 Å². The molecule has 1 amide bonds. The Bertz CT molecular complexity index is 804. The lowest BCUT2D eigenvalue weighted by molar-refractivity contribution is -0.115. The fraction of sp³-hybridized carbons (Fsp3) is 0.200. The number of thioether (sulfide) groups is 1. The Morgan fingerprint density at radius 2 is 1.65 bits per heavy atom. The van der Waals surface area contributed by atoms with Gasteiger partial charge >= 0.3 is 0 Å². The molecule has 1 saturated heterocycles. The summed E-state index contributed by atoms with van der Waals surface area (Å²) in [7, 11) is 0. The van der Waals surface area contributed by atoms with Crippen LogP contribution in [-0.2, 0) is 4.79 Å². The van der Waals surface area contributed by atoms with E-state index >= 15 is 0 Å². The van der Waals surface area contributed by atoms with Crippen LogP contribution in [0.4, 0.5) is 0 Å². The maximum Gasteiger partial charge on any atom is 0.263 e. The third-order valence-corrected chi connectivity index (χ3v) is 4.79. The van der Waals surface area contributed by atoms with Crippen molar-refractivity contribution in [3.05, 3.63) is 65.1 Å². The lowest BCUT2D eigenvalue weighted by atomic mass is 10.2. The zero-order valence-electron chi connectivity index (χ0n) is 14.3. The molecule has 3 rings (SSSR count). The van der Waals surface area contributed by atoms with E-state index in [0.29, 0.717) is 22.4 Å². The Balaban J connectivity index is 1.47. The van der Waals surface area contributed by atoms with Crippen molar-refractivity contribution in [2.75, 3.05) is 13.2 Å². The monoisotopic (exact) mass is 385 g/mol. The molecule has 0 radical (unpaired) electrons. The van der Waals surface area contributed by atoms with Gasteiger partial charge in [-0.3, -0.25) is 4.79 Å². The Kier molecular flexibility index (Phi) is 6.30. The molecule has 0 bridgehead atoms. The van der Waals surface area contributed by atoms with Crippen LogP contribution in [0, 0.1) is 5.92 Å². The molecule has 1 fully saturated rings. The van der Waals surface area contributed by atoms with Crippen LogP contribution in [0.5, 0.6) is 11.5 Å². The van der Waals surface area contributed by atoms with Gasteiger partial charge in [0.1, 0.15) is 15.8 Å². The first kappa shape index (κ1) is 18.5. The van der Waals surface area contributed by atoms with Crippen LogP contribution in [0.1, 0.15) is 12.5 Å². The highest BCUT2D eigenvalue weighted by molar-refractivity contribution is 8.26. The molecule has 134 valence electrons. The van der Waals surface area contributed by atoms with E-state index in [0.717, 1.165) is 17.1 Å². The summed E-state index contributed by atoms with van der Waals surface area (Å²) >= 11 is 6.26. The van der Waals surface area contributed by atoms with E-state index < -0.39 is 0 Å². The van der Waals surface area contributed by atoms with Crippen LogP contribution >= 0.6 is 24.0 Å². The quantitative estimate of drug-likeness (QED) is 0.570. The van der Waals surface area contributed by atoms with E-state index in [4.69, 9.17) is 21.7 Å². The molecule has 1 N–H and O–H groups in total. The van der Waals surface area contributed by atoms with Crippen molar-refractivity contribution in [1.82, 2.24) is 5.32 Å². The number of hydrogen-bond acceptors (Lipinski definition) is 5. The number of carbonyl (C=O) groups is 1. The van der Waals surface area contributed by atoms with Gasteiger partial charge in [0.05, 0.1) is 18.1 Å². The lowest BCUT2D eigenvalue weighted by Crippen LogP contribution is -2.17. The predicted molar refractivity (Wildman–Crippen MR) is 109 cm³/mol. The lowest BCUT2D eigenvalue weighted by Gasteiger charge is -2.14. The van der Waals surface area contributed by atoms with Crippen molar-refractivity contribution in [2.45, 2.75) is 6.92 Å². The van der Waals surface area contributed by atoms with E-state index in [9.17, 15) is 4.79 Å². The number of amides is 1. The van der Waals surface area contributed by atoms with Crippen molar-refractivity contribution in [3.8, 4) is 11.5 Å². The first-order valence-corrected chi connectivity index (χ1v) is 9.48. The Hall–Kier alpha value is -2.31. The highest BCUT2D eigenvalue weighted by Crippen LogP contribution is 2.26. The Morgan fingerprint density at radius 1 is 1.04 bits per heavy atom. The van der Waals surface area contributed by atoms with Crippen molar-refractivity contribution >= 4 is 40.3 Å². The van der Waals surface area contributed by atoms with E-state index in [2.05, 4.69) is 12.2 Å². The van der Waals surface area contributed by atoms with Gasteiger partial charge in [-0.05, 0) is 35.9 Å². The molecule has 0 spiro atoms. The van der Waals surface area contributed by atoms with Gasteiger partial charge in [-0.1, -0.05) is 61.2 Å². The highest BCUT2D eigenvalue weighted by Gasteiger charge is 2.21. The first-order valence-electron chi connectivity index (χ1n) is 8.26. The summed E-state index contributed by atoms with van der Waals surface area (Å²) in [5, 5.41) is 2.61. The molecular formula is C20H19NO3S2. The van der Waals surface area contributed by atoms with Crippen LogP contribution in [0.15, 0.2) is 59.5 Å². The summed E-state index contributed by atoms with van der Waals surface area (Å²) in [6.07, 6.45) is 1.82. The SMILES string of the molecule is C[C@@H](COc1ccccc1)COc1ccc(/C=C2/SC(=S)NC2=O)cc1. The van der Waals surface area contributed by atoms with Gasteiger partial charge in [-0.2, -0.15) is 0 Å². The summed E-state index contributed by atoms with van der Waals surface area (Å²) in [5.41, 5.74) is 0.931. The summed E-state index contributed by atoms with van der Waals surface area (Å²) in [4.78, 5) is 12.3. The van der Waals surface area contributed by atoms with Crippen LogP contribution in [-0.4, -0.2) is 23.4 Å². The van der Waals surface area contributed by atoms with Crippen LogP contribution in [0.25, 0.3) is 6.08 Å². The average Bonchev–Trinajstić information content (AvgIpc) is 2.97. The van der Waals surface area contributed by atoms with Gasteiger partial charge in [-0.25, -0.2) is 0 Å². The third-order valence-electron chi connectivity index (χ3n) is 3.63. The average molecular weight is 386 g/mol. The second kappa shape index (κ2) is 8.87. The van der Waals surface area contributed by atoms with Gasteiger partial charge in [0.2, 0.25) is 0 Å². The van der Waals surface area contributed by atoms with Gasteiger partial charge in [0.15, 0.2) is 0 Å².